The van der Waals surface area contributed by atoms with Gasteiger partial charge < -0.3 is 9.88 Å². The SMILES string of the molecule is CNC(C)(C)c1cncn1Cc1ccccc1C(F)(F)F. The summed E-state index contributed by atoms with van der Waals surface area (Å²) < 4.78 is 40.9. The molecule has 0 aliphatic carbocycles. The molecule has 3 nitrogen and oxygen atoms in total. The maximum atomic E-state index is 13.0. The molecule has 0 fully saturated rings. The number of imidazole rings is 1. The molecular formula is C15H18F3N3. The molecule has 21 heavy (non-hydrogen) atoms. The summed E-state index contributed by atoms with van der Waals surface area (Å²) in [7, 11) is 1.81. The minimum absolute atomic E-state index is 0.135. The van der Waals surface area contributed by atoms with E-state index in [-0.39, 0.29) is 17.6 Å². The molecule has 1 heterocycles. The van der Waals surface area contributed by atoms with Crippen LogP contribution in [0.5, 0.6) is 0 Å². The number of nitrogens with zero attached hydrogens (tertiary/aromatic N) is 2. The van der Waals surface area contributed by atoms with Crippen LogP contribution in [0.4, 0.5) is 13.2 Å². The van der Waals surface area contributed by atoms with Crippen molar-refractivity contribution in [3.05, 3.63) is 53.6 Å². The summed E-state index contributed by atoms with van der Waals surface area (Å²) in [5, 5.41) is 3.13. The average Bonchev–Trinajstić information content (AvgIpc) is 2.87. The van der Waals surface area contributed by atoms with Crippen LogP contribution in [0, 0.1) is 0 Å². The second-order valence-corrected chi connectivity index (χ2v) is 5.44. The molecule has 0 aliphatic heterocycles. The lowest BCUT2D eigenvalue weighted by atomic mass is 10.0. The molecule has 0 aliphatic rings. The lowest BCUT2D eigenvalue weighted by Crippen LogP contribution is -2.35. The number of benzene rings is 1. The van der Waals surface area contributed by atoms with Crippen molar-refractivity contribution in [2.24, 2.45) is 0 Å². The summed E-state index contributed by atoms with van der Waals surface area (Å²) in [4.78, 5) is 4.07. The minimum atomic E-state index is -4.35. The van der Waals surface area contributed by atoms with Gasteiger partial charge >= 0.3 is 6.18 Å². The van der Waals surface area contributed by atoms with Crippen LogP contribution < -0.4 is 5.32 Å². The molecule has 0 saturated carbocycles. The second-order valence-electron chi connectivity index (χ2n) is 5.44. The van der Waals surface area contributed by atoms with Gasteiger partial charge in [0.15, 0.2) is 0 Å². The maximum absolute atomic E-state index is 13.0. The van der Waals surface area contributed by atoms with Gasteiger partial charge in [0.2, 0.25) is 0 Å². The zero-order valence-corrected chi connectivity index (χ0v) is 12.2. The fourth-order valence-corrected chi connectivity index (χ4v) is 2.21. The van der Waals surface area contributed by atoms with Crippen molar-refractivity contribution in [2.75, 3.05) is 7.05 Å². The summed E-state index contributed by atoms with van der Waals surface area (Å²) in [6.45, 7) is 4.04. The number of alkyl halides is 3. The fourth-order valence-electron chi connectivity index (χ4n) is 2.21. The molecule has 0 radical (unpaired) electrons. The third-order valence-corrected chi connectivity index (χ3v) is 3.64. The van der Waals surface area contributed by atoms with E-state index < -0.39 is 11.7 Å². The Kier molecular flexibility index (Phi) is 4.09. The molecule has 0 unspecified atom stereocenters. The number of aromatic nitrogens is 2. The van der Waals surface area contributed by atoms with Gasteiger partial charge in [-0.05, 0) is 32.5 Å². The zero-order valence-electron chi connectivity index (χ0n) is 12.2. The predicted molar refractivity (Wildman–Crippen MR) is 74.9 cm³/mol. The molecule has 6 heteroatoms. The Morgan fingerprint density at radius 2 is 1.86 bits per heavy atom. The van der Waals surface area contributed by atoms with Gasteiger partial charge in [0.25, 0.3) is 0 Å². The molecule has 2 rings (SSSR count). The maximum Gasteiger partial charge on any atom is 0.416 e. The molecule has 2 aromatic rings. The topological polar surface area (TPSA) is 29.9 Å². The molecule has 0 saturated heterocycles. The van der Waals surface area contributed by atoms with Crippen molar-refractivity contribution in [3.63, 3.8) is 0 Å². The molecular weight excluding hydrogens is 279 g/mol. The van der Waals surface area contributed by atoms with Crippen LogP contribution in [-0.2, 0) is 18.3 Å². The van der Waals surface area contributed by atoms with E-state index in [1.807, 2.05) is 13.8 Å². The van der Waals surface area contributed by atoms with Gasteiger partial charge in [-0.3, -0.25) is 0 Å². The van der Waals surface area contributed by atoms with Crippen LogP contribution in [0.1, 0.15) is 30.7 Å². The number of hydrogen-bond donors (Lipinski definition) is 1. The quantitative estimate of drug-likeness (QED) is 0.937. The summed E-state index contributed by atoms with van der Waals surface area (Å²) in [5.74, 6) is 0. The normalized spacial score (nSPS) is 12.7. The van der Waals surface area contributed by atoms with Crippen molar-refractivity contribution < 1.29 is 13.2 Å². The van der Waals surface area contributed by atoms with Gasteiger partial charge in [-0.2, -0.15) is 13.2 Å². The molecule has 1 aromatic carbocycles. The predicted octanol–water partition coefficient (Wildman–Crippen LogP) is 3.40. The van der Waals surface area contributed by atoms with Gasteiger partial charge in [0, 0.05) is 6.54 Å². The molecule has 0 atom stereocenters. The van der Waals surface area contributed by atoms with E-state index in [4.69, 9.17) is 0 Å². The first-order valence-electron chi connectivity index (χ1n) is 6.60. The lowest BCUT2D eigenvalue weighted by molar-refractivity contribution is -0.138. The first kappa shape index (κ1) is 15.6. The van der Waals surface area contributed by atoms with Crippen molar-refractivity contribution >= 4 is 0 Å². The Balaban J connectivity index is 2.39. The van der Waals surface area contributed by atoms with Crippen LogP contribution in [0.15, 0.2) is 36.8 Å². The van der Waals surface area contributed by atoms with Crippen LogP contribution in [0.3, 0.4) is 0 Å². The van der Waals surface area contributed by atoms with E-state index in [1.54, 1.807) is 30.2 Å². The van der Waals surface area contributed by atoms with E-state index in [2.05, 4.69) is 10.3 Å². The summed E-state index contributed by atoms with van der Waals surface area (Å²) in [5.41, 5.74) is 0.0917. The Bertz CT molecular complexity index is 615. The average molecular weight is 297 g/mol. The first-order chi connectivity index (χ1) is 9.75. The number of halogens is 3. The Morgan fingerprint density at radius 1 is 1.19 bits per heavy atom. The third-order valence-electron chi connectivity index (χ3n) is 3.64. The van der Waals surface area contributed by atoms with Gasteiger partial charge in [0.05, 0.1) is 29.3 Å². The summed E-state index contributed by atoms with van der Waals surface area (Å²) >= 11 is 0. The highest BCUT2D eigenvalue weighted by molar-refractivity contribution is 5.30. The Labute approximate surface area is 121 Å². The lowest BCUT2D eigenvalue weighted by Gasteiger charge is -2.26. The standard InChI is InChI=1S/C15H18F3N3/c1-14(2,19-3)13-8-20-10-21(13)9-11-6-4-5-7-12(11)15(16,17)18/h4-8,10,19H,9H2,1-3H3. The van der Waals surface area contributed by atoms with E-state index >= 15 is 0 Å². The second kappa shape index (κ2) is 5.52. The fraction of sp³-hybridized carbons (Fsp3) is 0.400. The molecule has 0 bridgehead atoms. The van der Waals surface area contributed by atoms with Crippen molar-refractivity contribution in [3.8, 4) is 0 Å². The number of rotatable bonds is 4. The largest absolute Gasteiger partial charge is 0.416 e. The monoisotopic (exact) mass is 297 g/mol. The van der Waals surface area contributed by atoms with Crippen LogP contribution in [0.2, 0.25) is 0 Å². The first-order valence-corrected chi connectivity index (χ1v) is 6.60. The Morgan fingerprint density at radius 3 is 2.48 bits per heavy atom. The van der Waals surface area contributed by atoms with Crippen molar-refractivity contribution in [2.45, 2.75) is 32.1 Å². The van der Waals surface area contributed by atoms with Gasteiger partial charge in [-0.1, -0.05) is 18.2 Å². The molecule has 0 amide bonds. The van der Waals surface area contributed by atoms with Crippen LogP contribution in [0.25, 0.3) is 0 Å². The van der Waals surface area contributed by atoms with Gasteiger partial charge in [-0.15, -0.1) is 0 Å². The van der Waals surface area contributed by atoms with Crippen molar-refractivity contribution in [1.82, 2.24) is 14.9 Å². The van der Waals surface area contributed by atoms with Crippen LogP contribution in [-0.4, -0.2) is 16.6 Å². The number of nitrogens with one attached hydrogen (secondary N) is 1. The van der Waals surface area contributed by atoms with Crippen molar-refractivity contribution in [1.29, 1.82) is 0 Å². The highest BCUT2D eigenvalue weighted by Gasteiger charge is 2.33. The number of hydrogen-bond acceptors (Lipinski definition) is 2. The summed E-state index contributed by atoms with van der Waals surface area (Å²) in [6.07, 6.45) is -1.12. The van der Waals surface area contributed by atoms with Gasteiger partial charge in [0.1, 0.15) is 0 Å². The van der Waals surface area contributed by atoms with E-state index in [0.717, 1.165) is 11.8 Å². The molecule has 0 spiro atoms. The van der Waals surface area contributed by atoms with E-state index in [1.165, 1.54) is 12.1 Å². The van der Waals surface area contributed by atoms with Crippen LogP contribution >= 0.6 is 0 Å². The minimum Gasteiger partial charge on any atom is -0.328 e. The third kappa shape index (κ3) is 3.26. The molecule has 1 aromatic heterocycles. The van der Waals surface area contributed by atoms with E-state index in [9.17, 15) is 13.2 Å². The smallest absolute Gasteiger partial charge is 0.328 e. The Hall–Kier alpha value is -1.82. The van der Waals surface area contributed by atoms with Gasteiger partial charge in [-0.25, -0.2) is 4.98 Å². The zero-order chi connectivity index (χ0) is 15.7. The summed E-state index contributed by atoms with van der Waals surface area (Å²) in [6, 6.07) is 5.62. The molecule has 114 valence electrons. The molecule has 1 N–H and O–H groups in total. The highest BCUT2D eigenvalue weighted by atomic mass is 19.4. The highest BCUT2D eigenvalue weighted by Crippen LogP contribution is 2.32. The van der Waals surface area contributed by atoms with E-state index in [0.29, 0.717) is 0 Å².